The van der Waals surface area contributed by atoms with E-state index in [9.17, 15) is 9.59 Å². The summed E-state index contributed by atoms with van der Waals surface area (Å²) in [5, 5.41) is 0.199. The van der Waals surface area contributed by atoms with Crippen LogP contribution in [-0.4, -0.2) is 21.5 Å². The van der Waals surface area contributed by atoms with Crippen LogP contribution in [0.15, 0.2) is 66.9 Å². The summed E-state index contributed by atoms with van der Waals surface area (Å²) in [5.74, 6) is -0.441. The first kappa shape index (κ1) is 16.0. The van der Waals surface area contributed by atoms with Crippen molar-refractivity contribution >= 4 is 23.2 Å². The van der Waals surface area contributed by atoms with Crippen molar-refractivity contribution in [1.82, 2.24) is 9.97 Å². The highest BCUT2D eigenvalue weighted by atomic mass is 35.5. The van der Waals surface area contributed by atoms with Gasteiger partial charge in [-0.15, -0.1) is 0 Å². The predicted molar refractivity (Wildman–Crippen MR) is 91.4 cm³/mol. The molecule has 3 rings (SSSR count). The maximum atomic E-state index is 12.6. The Morgan fingerprint density at radius 2 is 1.67 bits per heavy atom. The number of pyridine rings is 2. The molecule has 24 heavy (non-hydrogen) atoms. The van der Waals surface area contributed by atoms with E-state index in [1.165, 1.54) is 6.20 Å². The molecule has 0 aliphatic carbocycles. The van der Waals surface area contributed by atoms with E-state index in [1.54, 1.807) is 54.6 Å². The number of nitrogens with zero attached hydrogens (tertiary/aromatic N) is 2. The number of carbonyl (C=O) groups excluding carboxylic acids is 2. The minimum Gasteiger partial charge on any atom is -0.294 e. The highest BCUT2D eigenvalue weighted by Gasteiger charge is 2.19. The first-order valence-corrected chi connectivity index (χ1v) is 7.72. The molecular formula is C19H13ClN2O2. The second-order valence-corrected chi connectivity index (χ2v) is 5.54. The largest absolute Gasteiger partial charge is 0.294 e. The lowest BCUT2D eigenvalue weighted by molar-refractivity contribution is 0.0992. The summed E-state index contributed by atoms with van der Waals surface area (Å²) in [4.78, 5) is 33.2. The first-order valence-electron chi connectivity index (χ1n) is 7.34. The van der Waals surface area contributed by atoms with Crippen LogP contribution in [0.3, 0.4) is 0 Å². The van der Waals surface area contributed by atoms with Gasteiger partial charge < -0.3 is 0 Å². The molecule has 0 atom stereocenters. The van der Waals surface area contributed by atoms with Gasteiger partial charge in [-0.3, -0.25) is 14.6 Å². The van der Waals surface area contributed by atoms with E-state index < -0.39 is 0 Å². The fraction of sp³-hybridized carbons (Fsp3) is 0.0526. The third kappa shape index (κ3) is 3.55. The molecule has 118 valence electrons. The Balaban J connectivity index is 1.94. The van der Waals surface area contributed by atoms with Crippen LogP contribution in [0.1, 0.15) is 32.1 Å². The number of halogens is 1. The van der Waals surface area contributed by atoms with Crippen LogP contribution in [-0.2, 0) is 6.42 Å². The Labute approximate surface area is 144 Å². The lowest BCUT2D eigenvalue weighted by Crippen LogP contribution is -2.13. The molecule has 0 aliphatic heterocycles. The fourth-order valence-electron chi connectivity index (χ4n) is 2.32. The normalized spacial score (nSPS) is 10.4. The van der Waals surface area contributed by atoms with Crippen molar-refractivity contribution in [3.63, 3.8) is 0 Å². The SMILES string of the molecule is O=C(Cc1ccc(Cl)nc1C(=O)c1ccccn1)c1ccccc1. The standard InChI is InChI=1S/C19H13ClN2O2/c20-17-10-9-14(12-16(23)13-6-2-1-3-7-13)18(22-17)19(24)15-8-4-5-11-21-15/h1-11H,12H2. The van der Waals surface area contributed by atoms with Gasteiger partial charge in [0.1, 0.15) is 16.5 Å². The number of rotatable bonds is 5. The van der Waals surface area contributed by atoms with Crippen LogP contribution < -0.4 is 0 Å². The average Bonchev–Trinajstić information content (AvgIpc) is 2.64. The zero-order valence-electron chi connectivity index (χ0n) is 12.6. The van der Waals surface area contributed by atoms with Gasteiger partial charge in [0.25, 0.3) is 0 Å². The van der Waals surface area contributed by atoms with Crippen molar-refractivity contribution in [2.24, 2.45) is 0 Å². The van der Waals surface area contributed by atoms with E-state index in [4.69, 9.17) is 11.6 Å². The van der Waals surface area contributed by atoms with Crippen LogP contribution >= 0.6 is 11.6 Å². The van der Waals surface area contributed by atoms with Crippen LogP contribution in [0, 0.1) is 0 Å². The van der Waals surface area contributed by atoms with Gasteiger partial charge in [0, 0.05) is 18.2 Å². The number of hydrogen-bond acceptors (Lipinski definition) is 4. The monoisotopic (exact) mass is 336 g/mol. The number of benzene rings is 1. The zero-order valence-corrected chi connectivity index (χ0v) is 13.4. The molecule has 0 saturated heterocycles. The van der Waals surface area contributed by atoms with Gasteiger partial charge in [-0.05, 0) is 23.8 Å². The van der Waals surface area contributed by atoms with Gasteiger partial charge >= 0.3 is 0 Å². The quantitative estimate of drug-likeness (QED) is 0.525. The van der Waals surface area contributed by atoms with E-state index in [1.807, 2.05) is 6.07 Å². The summed E-state index contributed by atoms with van der Waals surface area (Å²) in [6.07, 6.45) is 1.61. The Morgan fingerprint density at radius 3 is 2.38 bits per heavy atom. The molecule has 0 radical (unpaired) electrons. The summed E-state index contributed by atoms with van der Waals surface area (Å²) in [7, 11) is 0. The van der Waals surface area contributed by atoms with Gasteiger partial charge in [-0.25, -0.2) is 4.98 Å². The molecule has 0 saturated carbocycles. The lowest BCUT2D eigenvalue weighted by atomic mass is 9.99. The molecule has 0 fully saturated rings. The molecule has 0 unspecified atom stereocenters. The molecule has 0 aliphatic rings. The molecule has 3 aromatic rings. The van der Waals surface area contributed by atoms with Crippen molar-refractivity contribution in [3.05, 3.63) is 94.5 Å². The first-order chi connectivity index (χ1) is 11.6. The fourth-order valence-corrected chi connectivity index (χ4v) is 2.47. The van der Waals surface area contributed by atoms with Crippen molar-refractivity contribution in [3.8, 4) is 0 Å². The summed E-state index contributed by atoms with van der Waals surface area (Å²) in [5.41, 5.74) is 1.54. The molecule has 0 bridgehead atoms. The Hall–Kier alpha value is -2.85. The minimum atomic E-state index is -0.353. The molecule has 5 heteroatoms. The maximum Gasteiger partial charge on any atom is 0.229 e. The number of aromatic nitrogens is 2. The molecular weight excluding hydrogens is 324 g/mol. The van der Waals surface area contributed by atoms with Crippen molar-refractivity contribution in [2.45, 2.75) is 6.42 Å². The molecule has 1 aromatic carbocycles. The number of Topliss-reactive ketones (excluding diaryl/α,β-unsaturated/α-hetero) is 1. The van der Waals surface area contributed by atoms with E-state index in [0.717, 1.165) is 0 Å². The zero-order chi connectivity index (χ0) is 16.9. The molecule has 2 heterocycles. The van der Waals surface area contributed by atoms with Crippen LogP contribution in [0.2, 0.25) is 5.15 Å². The number of hydrogen-bond donors (Lipinski definition) is 0. The third-order valence-electron chi connectivity index (χ3n) is 3.50. The summed E-state index contributed by atoms with van der Waals surface area (Å²) in [6.45, 7) is 0. The Bertz CT molecular complexity index is 880. The second kappa shape index (κ2) is 7.15. The smallest absolute Gasteiger partial charge is 0.229 e. The molecule has 4 nitrogen and oxygen atoms in total. The molecule has 0 amide bonds. The second-order valence-electron chi connectivity index (χ2n) is 5.15. The van der Waals surface area contributed by atoms with Crippen molar-refractivity contribution in [2.75, 3.05) is 0 Å². The van der Waals surface area contributed by atoms with E-state index in [2.05, 4.69) is 9.97 Å². The highest BCUT2D eigenvalue weighted by molar-refractivity contribution is 6.29. The van der Waals surface area contributed by atoms with Gasteiger partial charge in [0.15, 0.2) is 5.78 Å². The van der Waals surface area contributed by atoms with E-state index in [0.29, 0.717) is 11.1 Å². The van der Waals surface area contributed by atoms with Gasteiger partial charge in [0.2, 0.25) is 5.78 Å². The van der Waals surface area contributed by atoms with Crippen molar-refractivity contribution in [1.29, 1.82) is 0 Å². The molecule has 2 aromatic heterocycles. The minimum absolute atomic E-state index is 0.0715. The topological polar surface area (TPSA) is 59.9 Å². The predicted octanol–water partition coefficient (Wildman–Crippen LogP) is 3.79. The van der Waals surface area contributed by atoms with Crippen LogP contribution in [0.25, 0.3) is 0 Å². The van der Waals surface area contributed by atoms with Gasteiger partial charge in [-0.1, -0.05) is 54.1 Å². The van der Waals surface area contributed by atoms with Crippen LogP contribution in [0.4, 0.5) is 0 Å². The number of ketones is 2. The Morgan fingerprint density at radius 1 is 0.917 bits per heavy atom. The summed E-state index contributed by atoms with van der Waals surface area (Å²) >= 11 is 5.93. The maximum absolute atomic E-state index is 12.6. The van der Waals surface area contributed by atoms with E-state index in [-0.39, 0.29) is 34.5 Å². The van der Waals surface area contributed by atoms with Gasteiger partial charge in [0.05, 0.1) is 0 Å². The highest BCUT2D eigenvalue weighted by Crippen LogP contribution is 2.17. The molecule has 0 N–H and O–H groups in total. The third-order valence-corrected chi connectivity index (χ3v) is 3.71. The van der Waals surface area contributed by atoms with Gasteiger partial charge in [-0.2, -0.15) is 0 Å². The van der Waals surface area contributed by atoms with Crippen molar-refractivity contribution < 1.29 is 9.59 Å². The summed E-state index contributed by atoms with van der Waals surface area (Å²) in [6, 6.07) is 17.2. The Kier molecular flexibility index (Phi) is 4.77. The lowest BCUT2D eigenvalue weighted by Gasteiger charge is -2.08. The average molecular weight is 337 g/mol. The van der Waals surface area contributed by atoms with Crippen LogP contribution in [0.5, 0.6) is 0 Å². The molecule has 0 spiro atoms. The number of carbonyl (C=O) groups is 2. The summed E-state index contributed by atoms with van der Waals surface area (Å²) < 4.78 is 0. The van der Waals surface area contributed by atoms with E-state index >= 15 is 0 Å².